The predicted octanol–water partition coefficient (Wildman–Crippen LogP) is 4.82. The molecule has 13 nitrogen and oxygen atoms in total. The van der Waals surface area contributed by atoms with Crippen molar-refractivity contribution in [3.05, 3.63) is 52.2 Å². The van der Waals surface area contributed by atoms with E-state index in [4.69, 9.17) is 24.4 Å². The summed E-state index contributed by atoms with van der Waals surface area (Å²) in [6.07, 6.45) is 9.87. The first-order valence-corrected chi connectivity index (χ1v) is 14.1. The van der Waals surface area contributed by atoms with Gasteiger partial charge in [-0.25, -0.2) is 9.99 Å². The van der Waals surface area contributed by atoms with Gasteiger partial charge < -0.3 is 19.3 Å². The highest BCUT2D eigenvalue weighted by atomic mass is 16.6. The molecule has 0 aliphatic carbocycles. The van der Waals surface area contributed by atoms with Crippen molar-refractivity contribution in [2.45, 2.75) is 45.4 Å². The van der Waals surface area contributed by atoms with Crippen LogP contribution in [0.1, 0.15) is 51.0 Å². The molecule has 0 spiro atoms. The molecule has 0 radical (unpaired) electrons. The first kappa shape index (κ1) is 28.0. The smallest absolute Gasteiger partial charge is 0.287 e. The summed E-state index contributed by atoms with van der Waals surface area (Å²) < 4.78 is 11.6. The van der Waals surface area contributed by atoms with E-state index in [1.807, 2.05) is 26.1 Å². The van der Waals surface area contributed by atoms with E-state index in [-0.39, 0.29) is 11.6 Å². The van der Waals surface area contributed by atoms with E-state index >= 15 is 0 Å². The Bertz CT molecular complexity index is 1320. The van der Waals surface area contributed by atoms with Crippen LogP contribution < -0.4 is 24.3 Å². The largest absolute Gasteiger partial charge is 0.490 e. The zero-order valence-corrected chi connectivity index (χ0v) is 23.5. The summed E-state index contributed by atoms with van der Waals surface area (Å²) in [6.45, 7) is 6.08. The molecule has 1 aromatic carbocycles. The zero-order valence-electron chi connectivity index (χ0n) is 23.5. The molecule has 0 bridgehead atoms. The van der Waals surface area contributed by atoms with Gasteiger partial charge >= 0.3 is 0 Å². The number of nitro groups is 1. The zero-order chi connectivity index (χ0) is 28.6. The molecule has 0 saturated carbocycles. The van der Waals surface area contributed by atoms with Crippen LogP contribution in [0.3, 0.4) is 0 Å². The number of rotatable bonds is 10. The highest BCUT2D eigenvalue weighted by Crippen LogP contribution is 2.32. The van der Waals surface area contributed by atoms with E-state index in [1.165, 1.54) is 25.0 Å². The molecular weight excluding hydrogens is 526 g/mol. The van der Waals surface area contributed by atoms with Crippen molar-refractivity contribution >= 4 is 29.7 Å². The molecule has 2 saturated heterocycles. The van der Waals surface area contributed by atoms with Crippen LogP contribution in [0, 0.1) is 10.1 Å². The van der Waals surface area contributed by atoms with E-state index in [0.29, 0.717) is 36.0 Å². The molecule has 2 fully saturated rings. The standard InChI is InChI=1S/C28H35N9O4/c1-3-40-24-18-21(10-12-23(24)41-25-13-11-22(20-29-25)37(38)39)19-30-34(2)26-31-27(35-14-6-4-7-15-35)33-28(32-26)36-16-8-5-9-17-36/h10-13,18-20H,3-9,14-17H2,1-2H3/b30-19+. The van der Waals surface area contributed by atoms with Crippen molar-refractivity contribution in [2.24, 2.45) is 5.10 Å². The summed E-state index contributed by atoms with van der Waals surface area (Å²) in [4.78, 5) is 33.3. The topological polar surface area (TPSA) is 135 Å². The normalized spacial score (nSPS) is 15.7. The maximum atomic E-state index is 10.9. The lowest BCUT2D eigenvalue weighted by Crippen LogP contribution is -2.35. The Balaban J connectivity index is 1.35. The van der Waals surface area contributed by atoms with Gasteiger partial charge in [0.1, 0.15) is 6.20 Å². The third kappa shape index (κ3) is 7.16. The van der Waals surface area contributed by atoms with Gasteiger partial charge in [0.15, 0.2) is 11.5 Å². The molecule has 4 heterocycles. The Kier molecular flexibility index (Phi) is 9.02. The average Bonchev–Trinajstić information content (AvgIpc) is 3.02. The van der Waals surface area contributed by atoms with Crippen LogP contribution in [0.2, 0.25) is 0 Å². The van der Waals surface area contributed by atoms with Gasteiger partial charge in [-0.15, -0.1) is 0 Å². The van der Waals surface area contributed by atoms with E-state index in [2.05, 4.69) is 19.9 Å². The molecule has 3 aromatic rings. The highest BCUT2D eigenvalue weighted by Gasteiger charge is 2.21. The Morgan fingerprint density at radius 2 is 1.61 bits per heavy atom. The van der Waals surface area contributed by atoms with Crippen molar-refractivity contribution in [1.29, 1.82) is 0 Å². The molecule has 0 atom stereocenters. The van der Waals surface area contributed by atoms with Crippen LogP contribution in [-0.2, 0) is 0 Å². The molecule has 2 aliphatic heterocycles. The van der Waals surface area contributed by atoms with Gasteiger partial charge in [0, 0.05) is 45.4 Å². The monoisotopic (exact) mass is 561 g/mol. The first-order chi connectivity index (χ1) is 20.0. The van der Waals surface area contributed by atoms with Gasteiger partial charge in [-0.2, -0.15) is 20.1 Å². The summed E-state index contributed by atoms with van der Waals surface area (Å²) in [5, 5.41) is 17.2. The fraction of sp³-hybridized carbons (Fsp3) is 0.464. The van der Waals surface area contributed by atoms with Crippen LogP contribution in [-0.4, -0.2) is 70.9 Å². The Labute approximate surface area is 239 Å². The molecule has 0 amide bonds. The number of hydrogen-bond acceptors (Lipinski definition) is 12. The maximum Gasteiger partial charge on any atom is 0.287 e. The number of pyridine rings is 1. The van der Waals surface area contributed by atoms with Gasteiger partial charge in [-0.1, -0.05) is 0 Å². The van der Waals surface area contributed by atoms with Crippen LogP contribution in [0.4, 0.5) is 23.5 Å². The van der Waals surface area contributed by atoms with Gasteiger partial charge in [-0.05, 0) is 69.2 Å². The lowest BCUT2D eigenvalue weighted by atomic mass is 10.1. The minimum Gasteiger partial charge on any atom is -0.490 e. The maximum absolute atomic E-state index is 10.9. The number of piperidine rings is 2. The summed E-state index contributed by atoms with van der Waals surface area (Å²) in [6, 6.07) is 8.19. The second kappa shape index (κ2) is 13.2. The lowest BCUT2D eigenvalue weighted by Gasteiger charge is -2.30. The van der Waals surface area contributed by atoms with E-state index in [1.54, 1.807) is 17.3 Å². The van der Waals surface area contributed by atoms with Gasteiger partial charge in [-0.3, -0.25) is 10.1 Å². The van der Waals surface area contributed by atoms with Crippen LogP contribution >= 0.6 is 0 Å². The van der Waals surface area contributed by atoms with Crippen molar-refractivity contribution in [3.63, 3.8) is 0 Å². The summed E-state index contributed by atoms with van der Waals surface area (Å²) in [5.41, 5.74) is 0.674. The number of aromatic nitrogens is 4. The van der Waals surface area contributed by atoms with E-state index in [0.717, 1.165) is 63.6 Å². The third-order valence-corrected chi connectivity index (χ3v) is 6.96. The van der Waals surface area contributed by atoms with E-state index < -0.39 is 4.92 Å². The molecule has 0 unspecified atom stereocenters. The molecule has 5 rings (SSSR count). The highest BCUT2D eigenvalue weighted by molar-refractivity contribution is 5.81. The lowest BCUT2D eigenvalue weighted by molar-refractivity contribution is -0.385. The number of anilines is 3. The Morgan fingerprint density at radius 1 is 0.951 bits per heavy atom. The number of hydrogen-bond donors (Lipinski definition) is 0. The van der Waals surface area contributed by atoms with Crippen molar-refractivity contribution in [1.82, 2.24) is 19.9 Å². The summed E-state index contributed by atoms with van der Waals surface area (Å²) >= 11 is 0. The van der Waals surface area contributed by atoms with Crippen LogP contribution in [0.5, 0.6) is 17.4 Å². The number of hydrazone groups is 1. The number of benzene rings is 1. The van der Waals surface area contributed by atoms with Gasteiger partial charge in [0.2, 0.25) is 17.8 Å². The molecule has 13 heteroatoms. The number of nitrogens with zero attached hydrogens (tertiary/aromatic N) is 9. The second-order valence-corrected chi connectivity index (χ2v) is 9.95. The van der Waals surface area contributed by atoms with Crippen LogP contribution in [0.25, 0.3) is 0 Å². The fourth-order valence-corrected chi connectivity index (χ4v) is 4.77. The van der Waals surface area contributed by atoms with Crippen molar-refractivity contribution < 1.29 is 14.4 Å². The second-order valence-electron chi connectivity index (χ2n) is 9.95. The Morgan fingerprint density at radius 3 is 2.17 bits per heavy atom. The minimum absolute atomic E-state index is 0.109. The molecule has 216 valence electrons. The molecule has 2 aromatic heterocycles. The minimum atomic E-state index is -0.506. The fourth-order valence-electron chi connectivity index (χ4n) is 4.77. The summed E-state index contributed by atoms with van der Waals surface area (Å²) in [5.74, 6) is 3.07. The first-order valence-electron chi connectivity index (χ1n) is 14.1. The van der Waals surface area contributed by atoms with Crippen LogP contribution in [0.15, 0.2) is 41.6 Å². The van der Waals surface area contributed by atoms with E-state index in [9.17, 15) is 10.1 Å². The third-order valence-electron chi connectivity index (χ3n) is 6.96. The summed E-state index contributed by atoms with van der Waals surface area (Å²) in [7, 11) is 1.83. The molecule has 2 aliphatic rings. The SMILES string of the molecule is CCOc1cc(/C=N/N(C)c2nc(N3CCCCC3)nc(N3CCCCC3)n2)ccc1Oc1ccc([N+](=O)[O-])cn1. The Hall–Kier alpha value is -4.55. The van der Waals surface area contributed by atoms with Gasteiger partial charge in [0.25, 0.3) is 11.6 Å². The molecule has 0 N–H and O–H groups in total. The average molecular weight is 562 g/mol. The van der Waals surface area contributed by atoms with Crippen molar-refractivity contribution in [2.75, 3.05) is 54.6 Å². The predicted molar refractivity (Wildman–Crippen MR) is 157 cm³/mol. The quantitative estimate of drug-likeness (QED) is 0.191. The van der Waals surface area contributed by atoms with Crippen molar-refractivity contribution in [3.8, 4) is 17.4 Å². The van der Waals surface area contributed by atoms with Gasteiger partial charge in [0.05, 0.1) is 17.7 Å². The molecule has 41 heavy (non-hydrogen) atoms. The number of ether oxygens (including phenoxy) is 2. The molecular formula is C28H35N9O4.